The first-order valence-corrected chi connectivity index (χ1v) is 17.1. The summed E-state index contributed by atoms with van der Waals surface area (Å²) >= 11 is 0. The molecule has 12 nitrogen and oxygen atoms in total. The maximum absolute atomic E-state index is 14.4. The Balaban J connectivity index is 1.37. The van der Waals surface area contributed by atoms with E-state index in [0.717, 1.165) is 24.8 Å². The van der Waals surface area contributed by atoms with Crippen LogP contribution in [0.4, 0.5) is 0 Å². The summed E-state index contributed by atoms with van der Waals surface area (Å²) in [6.07, 6.45) is -7.22. The molecule has 0 aromatic carbocycles. The molecule has 0 aromatic heterocycles. The number of carbonyl (C=O) groups is 3. The zero-order chi connectivity index (χ0) is 34.8. The van der Waals surface area contributed by atoms with Crippen molar-refractivity contribution in [2.75, 3.05) is 0 Å². The van der Waals surface area contributed by atoms with Crippen molar-refractivity contribution in [1.29, 1.82) is 0 Å². The van der Waals surface area contributed by atoms with Gasteiger partial charge in [0.2, 0.25) is 0 Å². The molecular weight excluding hydrogens is 612 g/mol. The molecule has 6 aliphatic rings. The SMILES string of the molecule is CC1(C)CCC2C(O)C(=O)C3(C)C(=CCC4C5(C)CC(O)C(OC6OC(C(=O)O)C(O)C(O)C6O)C(C)(C(=O)O)C5CCC43C)C2C1. The number of carbonyl (C=O) groups excluding carboxylic acids is 1. The summed E-state index contributed by atoms with van der Waals surface area (Å²) in [4.78, 5) is 39.4. The Labute approximate surface area is 275 Å². The van der Waals surface area contributed by atoms with Crippen LogP contribution in [0.5, 0.6) is 0 Å². The van der Waals surface area contributed by atoms with E-state index in [2.05, 4.69) is 26.8 Å². The molecule has 0 amide bonds. The number of aliphatic hydroxyl groups excluding tert-OH is 5. The lowest BCUT2D eigenvalue weighted by atomic mass is 9.34. The highest BCUT2D eigenvalue weighted by molar-refractivity contribution is 5.94. The molecule has 1 saturated heterocycles. The van der Waals surface area contributed by atoms with E-state index in [0.29, 0.717) is 19.3 Å². The molecule has 1 aliphatic heterocycles. The van der Waals surface area contributed by atoms with Crippen molar-refractivity contribution >= 4 is 17.7 Å². The van der Waals surface area contributed by atoms with Gasteiger partial charge in [0.25, 0.3) is 0 Å². The number of aliphatic carboxylic acids is 2. The molecule has 4 saturated carbocycles. The van der Waals surface area contributed by atoms with Crippen LogP contribution in [-0.4, -0.2) is 102 Å². The fourth-order valence-corrected chi connectivity index (χ4v) is 11.8. The predicted octanol–water partition coefficient (Wildman–Crippen LogP) is 1.88. The van der Waals surface area contributed by atoms with Gasteiger partial charge in [0, 0.05) is 0 Å². The van der Waals surface area contributed by atoms with E-state index >= 15 is 0 Å². The van der Waals surface area contributed by atoms with Crippen LogP contribution in [0.25, 0.3) is 0 Å². The number of carboxylic acid groups (broad SMARTS) is 2. The summed E-state index contributed by atoms with van der Waals surface area (Å²) in [5.41, 5.74) is -3.00. The minimum atomic E-state index is -1.95. The molecule has 5 aliphatic carbocycles. The monoisotopic (exact) mass is 664 g/mol. The lowest BCUT2D eigenvalue weighted by Crippen LogP contribution is -2.71. The van der Waals surface area contributed by atoms with Crippen molar-refractivity contribution in [2.45, 2.75) is 136 Å². The summed E-state index contributed by atoms with van der Waals surface area (Å²) in [7, 11) is 0. The molecule has 0 bridgehead atoms. The molecule has 12 heteroatoms. The van der Waals surface area contributed by atoms with Crippen molar-refractivity contribution < 1.29 is 59.6 Å². The van der Waals surface area contributed by atoms with Crippen LogP contribution in [0.2, 0.25) is 0 Å². The summed E-state index contributed by atoms with van der Waals surface area (Å²) in [6, 6.07) is 0. The Bertz CT molecular complexity index is 1360. The van der Waals surface area contributed by atoms with Gasteiger partial charge in [-0.1, -0.05) is 39.3 Å². The van der Waals surface area contributed by atoms with E-state index < -0.39 is 88.5 Å². The number of ketones is 1. The highest BCUT2D eigenvalue weighted by Crippen LogP contribution is 2.74. The van der Waals surface area contributed by atoms with Crippen LogP contribution in [0.15, 0.2) is 11.6 Å². The number of hydrogen-bond donors (Lipinski definition) is 7. The quantitative estimate of drug-likeness (QED) is 0.170. The van der Waals surface area contributed by atoms with Crippen LogP contribution < -0.4 is 0 Å². The van der Waals surface area contributed by atoms with Crippen molar-refractivity contribution in [1.82, 2.24) is 0 Å². The number of ether oxygens (including phenoxy) is 2. The average molecular weight is 665 g/mol. The smallest absolute Gasteiger partial charge is 0.335 e. The third-order valence-corrected chi connectivity index (χ3v) is 14.5. The van der Waals surface area contributed by atoms with Crippen molar-refractivity contribution in [3.05, 3.63) is 11.6 Å². The Morgan fingerprint density at radius 1 is 0.872 bits per heavy atom. The molecule has 5 fully saturated rings. The standard InChI is InChI=1S/C35H52O12/c1-31(2)11-9-15-16(13-31)17-7-8-19-32(3)14-18(36)27(47-29-24(40)22(38)23(39)25(46-29)28(42)43)34(5,30(44)45)20(32)10-12-33(19,4)35(17,6)26(41)21(15)37/h7,15-16,18-25,27,29,36-40H,8-14H2,1-6H3,(H,42,43)(H,44,45). The molecule has 264 valence electrons. The summed E-state index contributed by atoms with van der Waals surface area (Å²) in [6.45, 7) is 12.0. The molecule has 47 heavy (non-hydrogen) atoms. The number of carboxylic acids is 2. The van der Waals surface area contributed by atoms with E-state index in [1.165, 1.54) is 6.92 Å². The van der Waals surface area contributed by atoms with E-state index in [9.17, 15) is 50.1 Å². The molecule has 7 N–H and O–H groups in total. The van der Waals surface area contributed by atoms with Gasteiger partial charge in [-0.2, -0.15) is 0 Å². The highest BCUT2D eigenvalue weighted by atomic mass is 16.7. The Morgan fingerprint density at radius 2 is 1.53 bits per heavy atom. The van der Waals surface area contributed by atoms with Crippen molar-refractivity contribution in [3.8, 4) is 0 Å². The maximum atomic E-state index is 14.4. The predicted molar refractivity (Wildman–Crippen MR) is 164 cm³/mol. The van der Waals surface area contributed by atoms with Crippen LogP contribution >= 0.6 is 0 Å². The van der Waals surface area contributed by atoms with Crippen LogP contribution in [0.1, 0.15) is 86.5 Å². The van der Waals surface area contributed by atoms with Gasteiger partial charge in [0.1, 0.15) is 30.5 Å². The molecule has 16 unspecified atom stereocenters. The Hall–Kier alpha value is -1.93. The fourth-order valence-electron chi connectivity index (χ4n) is 11.8. The van der Waals surface area contributed by atoms with Gasteiger partial charge >= 0.3 is 11.9 Å². The number of Topliss-reactive ketones (excluding diaryl/α,β-unsaturated/α-hetero) is 1. The molecule has 0 spiro atoms. The average Bonchev–Trinajstić information content (AvgIpc) is 2.97. The highest BCUT2D eigenvalue weighted by Gasteiger charge is 2.73. The van der Waals surface area contributed by atoms with Crippen LogP contribution in [0, 0.1) is 50.7 Å². The van der Waals surface area contributed by atoms with Gasteiger partial charge in [-0.3, -0.25) is 9.59 Å². The topological polar surface area (TPSA) is 211 Å². The van der Waals surface area contributed by atoms with Gasteiger partial charge in [-0.05, 0) is 98.7 Å². The summed E-state index contributed by atoms with van der Waals surface area (Å²) < 4.78 is 11.3. The normalized spacial score (nSPS) is 53.9. The Kier molecular flexibility index (Phi) is 8.20. The van der Waals surface area contributed by atoms with E-state index in [-0.39, 0.29) is 35.4 Å². The first kappa shape index (κ1) is 34.9. The first-order valence-electron chi connectivity index (χ1n) is 17.1. The number of rotatable bonds is 4. The number of fused-ring (bicyclic) bond motifs is 7. The second kappa shape index (κ2) is 11.0. The van der Waals surface area contributed by atoms with E-state index in [1.54, 1.807) is 0 Å². The zero-order valence-corrected chi connectivity index (χ0v) is 28.1. The molecule has 0 aromatic rings. The second-order valence-electron chi connectivity index (χ2n) is 17.2. The van der Waals surface area contributed by atoms with E-state index in [1.807, 2.05) is 13.8 Å². The third kappa shape index (κ3) is 4.61. The zero-order valence-electron chi connectivity index (χ0n) is 28.1. The first-order chi connectivity index (χ1) is 21.7. The fraction of sp³-hybridized carbons (Fsp3) is 0.857. The summed E-state index contributed by atoms with van der Waals surface area (Å²) in [5, 5.41) is 74.8. The lowest BCUT2D eigenvalue weighted by molar-refractivity contribution is -0.335. The number of hydrogen-bond acceptors (Lipinski definition) is 10. The second-order valence-corrected chi connectivity index (χ2v) is 17.2. The lowest BCUT2D eigenvalue weighted by Gasteiger charge is -2.70. The summed E-state index contributed by atoms with van der Waals surface area (Å²) in [5.74, 6) is -3.88. The maximum Gasteiger partial charge on any atom is 0.335 e. The van der Waals surface area contributed by atoms with Gasteiger partial charge in [-0.25, -0.2) is 4.79 Å². The largest absolute Gasteiger partial charge is 0.481 e. The van der Waals surface area contributed by atoms with Gasteiger partial charge in [0.15, 0.2) is 18.2 Å². The number of aliphatic hydroxyl groups is 5. The molecule has 6 rings (SSSR count). The minimum Gasteiger partial charge on any atom is -0.481 e. The van der Waals surface area contributed by atoms with Crippen molar-refractivity contribution in [3.63, 3.8) is 0 Å². The third-order valence-electron chi connectivity index (χ3n) is 14.5. The molecule has 0 radical (unpaired) electrons. The Morgan fingerprint density at radius 3 is 2.15 bits per heavy atom. The van der Waals surface area contributed by atoms with Gasteiger partial charge in [0.05, 0.1) is 16.9 Å². The van der Waals surface area contributed by atoms with E-state index in [4.69, 9.17) is 9.47 Å². The van der Waals surface area contributed by atoms with Crippen LogP contribution in [0.3, 0.4) is 0 Å². The van der Waals surface area contributed by atoms with Crippen LogP contribution in [-0.2, 0) is 23.9 Å². The van der Waals surface area contributed by atoms with Gasteiger partial charge < -0.3 is 45.2 Å². The molecular formula is C35H52O12. The van der Waals surface area contributed by atoms with Gasteiger partial charge in [-0.15, -0.1) is 0 Å². The van der Waals surface area contributed by atoms with Crippen molar-refractivity contribution in [2.24, 2.45) is 50.7 Å². The molecule has 16 atom stereocenters. The minimum absolute atomic E-state index is 0.0733. The molecule has 1 heterocycles. The number of allylic oxidation sites excluding steroid dienone is 2.